The number of para-hydroxylation sites is 1. The molecule has 0 unspecified atom stereocenters. The molecule has 0 bridgehead atoms. The Morgan fingerprint density at radius 1 is 1.22 bits per heavy atom. The quantitative estimate of drug-likeness (QED) is 0.731. The lowest BCUT2D eigenvalue weighted by molar-refractivity contribution is -0.120. The summed E-state index contributed by atoms with van der Waals surface area (Å²) in [5.74, 6) is -0.0509. The molecule has 1 aromatic rings. The maximum Gasteiger partial charge on any atom is 0.255 e. The fourth-order valence-electron chi connectivity index (χ4n) is 2.33. The standard InChI is InChI=1S/C16H23N3O4/c1-22-14-5-3-2-4-13(14)16(21)18-12-15(20)17-6-7-19-8-10-23-11-9-19/h2-5H,6-12H2,1H3,(H,17,20)(H,18,21). The third-order valence-corrected chi connectivity index (χ3v) is 3.62. The predicted octanol–water partition coefficient (Wildman–Crippen LogP) is -0.127. The first-order chi connectivity index (χ1) is 11.2. The molecular weight excluding hydrogens is 298 g/mol. The number of amides is 2. The van der Waals surface area contributed by atoms with Crippen LogP contribution in [-0.4, -0.2) is 69.8 Å². The van der Waals surface area contributed by atoms with Crippen LogP contribution in [0.5, 0.6) is 5.75 Å². The third kappa shape index (κ3) is 5.54. The summed E-state index contributed by atoms with van der Waals surface area (Å²) < 4.78 is 10.4. The number of carbonyl (C=O) groups excluding carboxylic acids is 2. The van der Waals surface area contributed by atoms with Gasteiger partial charge in [-0.05, 0) is 12.1 Å². The molecule has 0 radical (unpaired) electrons. The Hall–Kier alpha value is -2.12. The van der Waals surface area contributed by atoms with E-state index in [-0.39, 0.29) is 18.4 Å². The van der Waals surface area contributed by atoms with E-state index in [0.29, 0.717) is 17.9 Å². The molecule has 0 aliphatic carbocycles. The minimum absolute atomic E-state index is 0.0556. The molecule has 2 amide bonds. The van der Waals surface area contributed by atoms with E-state index in [9.17, 15) is 9.59 Å². The molecule has 1 aromatic carbocycles. The van der Waals surface area contributed by atoms with Gasteiger partial charge in [0.2, 0.25) is 5.91 Å². The minimum atomic E-state index is -0.328. The average Bonchev–Trinajstić information content (AvgIpc) is 2.60. The van der Waals surface area contributed by atoms with Crippen molar-refractivity contribution in [3.63, 3.8) is 0 Å². The van der Waals surface area contributed by atoms with E-state index in [2.05, 4.69) is 15.5 Å². The van der Waals surface area contributed by atoms with Crippen molar-refractivity contribution in [2.24, 2.45) is 0 Å². The van der Waals surface area contributed by atoms with Crippen molar-refractivity contribution < 1.29 is 19.1 Å². The topological polar surface area (TPSA) is 79.9 Å². The van der Waals surface area contributed by atoms with Crippen LogP contribution in [0.4, 0.5) is 0 Å². The molecular formula is C16H23N3O4. The number of ether oxygens (including phenoxy) is 2. The summed E-state index contributed by atoms with van der Waals surface area (Å²) in [6.07, 6.45) is 0. The lowest BCUT2D eigenvalue weighted by atomic mass is 10.2. The van der Waals surface area contributed by atoms with Gasteiger partial charge in [0.05, 0.1) is 32.4 Å². The smallest absolute Gasteiger partial charge is 0.255 e. The van der Waals surface area contributed by atoms with Crippen molar-refractivity contribution in [3.8, 4) is 5.75 Å². The summed E-state index contributed by atoms with van der Waals surface area (Å²) >= 11 is 0. The van der Waals surface area contributed by atoms with Gasteiger partial charge in [0.15, 0.2) is 0 Å². The summed E-state index contributed by atoms with van der Waals surface area (Å²) in [6, 6.07) is 6.90. The van der Waals surface area contributed by atoms with E-state index in [1.165, 1.54) is 7.11 Å². The molecule has 0 spiro atoms. The minimum Gasteiger partial charge on any atom is -0.496 e. The molecule has 126 valence electrons. The number of methoxy groups -OCH3 is 1. The lowest BCUT2D eigenvalue weighted by Crippen LogP contribution is -2.43. The first-order valence-electron chi connectivity index (χ1n) is 7.68. The largest absolute Gasteiger partial charge is 0.496 e. The normalized spacial score (nSPS) is 15.0. The van der Waals surface area contributed by atoms with Crippen LogP contribution in [-0.2, 0) is 9.53 Å². The molecule has 1 heterocycles. The second-order valence-electron chi connectivity index (χ2n) is 5.19. The van der Waals surface area contributed by atoms with E-state index < -0.39 is 0 Å². The van der Waals surface area contributed by atoms with Crippen LogP contribution in [0, 0.1) is 0 Å². The first kappa shape index (κ1) is 17.2. The van der Waals surface area contributed by atoms with Gasteiger partial charge in [-0.15, -0.1) is 0 Å². The number of hydrogen-bond donors (Lipinski definition) is 2. The molecule has 1 fully saturated rings. The number of morpholine rings is 1. The molecule has 0 atom stereocenters. The Balaban J connectivity index is 1.68. The zero-order valence-electron chi connectivity index (χ0n) is 13.3. The number of hydrogen-bond acceptors (Lipinski definition) is 5. The SMILES string of the molecule is COc1ccccc1C(=O)NCC(=O)NCCN1CCOCC1. The zero-order chi connectivity index (χ0) is 16.5. The van der Waals surface area contributed by atoms with E-state index in [1.54, 1.807) is 24.3 Å². The molecule has 7 nitrogen and oxygen atoms in total. The number of carbonyl (C=O) groups is 2. The van der Waals surface area contributed by atoms with Crippen molar-refractivity contribution in [2.45, 2.75) is 0 Å². The van der Waals surface area contributed by atoms with Crippen molar-refractivity contribution in [1.29, 1.82) is 0 Å². The summed E-state index contributed by atoms with van der Waals surface area (Å²) in [6.45, 7) is 4.55. The van der Waals surface area contributed by atoms with Gasteiger partial charge in [-0.2, -0.15) is 0 Å². The molecule has 0 saturated carbocycles. The van der Waals surface area contributed by atoms with Gasteiger partial charge < -0.3 is 20.1 Å². The monoisotopic (exact) mass is 321 g/mol. The summed E-state index contributed by atoms with van der Waals surface area (Å²) in [4.78, 5) is 26.1. The fourth-order valence-corrected chi connectivity index (χ4v) is 2.33. The first-order valence-corrected chi connectivity index (χ1v) is 7.68. The molecule has 1 saturated heterocycles. The van der Waals surface area contributed by atoms with E-state index in [4.69, 9.17) is 9.47 Å². The molecule has 1 aliphatic heterocycles. The van der Waals surface area contributed by atoms with Crippen LogP contribution < -0.4 is 15.4 Å². The van der Waals surface area contributed by atoms with Gasteiger partial charge in [0.25, 0.3) is 5.91 Å². The summed E-state index contributed by atoms with van der Waals surface area (Å²) in [5, 5.41) is 5.40. The fraction of sp³-hybridized carbons (Fsp3) is 0.500. The highest BCUT2D eigenvalue weighted by Crippen LogP contribution is 2.16. The van der Waals surface area contributed by atoms with E-state index in [0.717, 1.165) is 32.8 Å². The maximum atomic E-state index is 12.1. The molecule has 0 aromatic heterocycles. The molecule has 7 heteroatoms. The van der Waals surface area contributed by atoms with E-state index in [1.807, 2.05) is 0 Å². The molecule has 1 aliphatic rings. The zero-order valence-corrected chi connectivity index (χ0v) is 13.3. The Labute approximate surface area is 135 Å². The van der Waals surface area contributed by atoms with Gasteiger partial charge in [0.1, 0.15) is 5.75 Å². The van der Waals surface area contributed by atoms with Crippen LogP contribution >= 0.6 is 0 Å². The van der Waals surface area contributed by atoms with Crippen LogP contribution in [0.25, 0.3) is 0 Å². The van der Waals surface area contributed by atoms with Gasteiger partial charge >= 0.3 is 0 Å². The Morgan fingerprint density at radius 2 is 1.96 bits per heavy atom. The second-order valence-corrected chi connectivity index (χ2v) is 5.19. The third-order valence-electron chi connectivity index (χ3n) is 3.62. The highest BCUT2D eigenvalue weighted by atomic mass is 16.5. The van der Waals surface area contributed by atoms with Gasteiger partial charge in [-0.3, -0.25) is 14.5 Å². The van der Waals surface area contributed by atoms with E-state index >= 15 is 0 Å². The average molecular weight is 321 g/mol. The molecule has 2 rings (SSSR count). The number of benzene rings is 1. The van der Waals surface area contributed by atoms with Crippen molar-refractivity contribution in [2.75, 3.05) is 53.0 Å². The van der Waals surface area contributed by atoms with Gasteiger partial charge in [-0.25, -0.2) is 0 Å². The highest BCUT2D eigenvalue weighted by molar-refractivity contribution is 5.98. The van der Waals surface area contributed by atoms with Crippen molar-refractivity contribution in [1.82, 2.24) is 15.5 Å². The number of nitrogens with zero attached hydrogens (tertiary/aromatic N) is 1. The van der Waals surface area contributed by atoms with Gasteiger partial charge in [-0.1, -0.05) is 12.1 Å². The number of rotatable bonds is 7. The predicted molar refractivity (Wildman–Crippen MR) is 85.6 cm³/mol. The molecule has 23 heavy (non-hydrogen) atoms. The maximum absolute atomic E-state index is 12.1. The van der Waals surface area contributed by atoms with Gasteiger partial charge in [0, 0.05) is 26.2 Å². The summed E-state index contributed by atoms with van der Waals surface area (Å²) in [5.41, 5.74) is 0.413. The van der Waals surface area contributed by atoms with Crippen LogP contribution in [0.3, 0.4) is 0 Å². The van der Waals surface area contributed by atoms with Crippen LogP contribution in [0.2, 0.25) is 0 Å². The van der Waals surface area contributed by atoms with Crippen LogP contribution in [0.1, 0.15) is 10.4 Å². The Morgan fingerprint density at radius 3 is 2.70 bits per heavy atom. The van der Waals surface area contributed by atoms with Crippen molar-refractivity contribution in [3.05, 3.63) is 29.8 Å². The Bertz CT molecular complexity index is 530. The molecule has 2 N–H and O–H groups in total. The second kappa shape index (κ2) is 9.12. The highest BCUT2D eigenvalue weighted by Gasteiger charge is 2.13. The van der Waals surface area contributed by atoms with Crippen LogP contribution in [0.15, 0.2) is 24.3 Å². The Kier molecular flexibility index (Phi) is 6.83. The summed E-state index contributed by atoms with van der Waals surface area (Å²) in [7, 11) is 1.50. The number of nitrogens with one attached hydrogen (secondary N) is 2. The lowest BCUT2D eigenvalue weighted by Gasteiger charge is -2.26. The van der Waals surface area contributed by atoms with Crippen molar-refractivity contribution >= 4 is 11.8 Å².